The van der Waals surface area contributed by atoms with Crippen molar-refractivity contribution in [3.63, 3.8) is 0 Å². The van der Waals surface area contributed by atoms with E-state index in [1.807, 2.05) is 0 Å². The summed E-state index contributed by atoms with van der Waals surface area (Å²) in [7, 11) is 0. The van der Waals surface area contributed by atoms with Crippen molar-refractivity contribution in [3.05, 3.63) is 39.8 Å². The number of halogens is 1. The Morgan fingerprint density at radius 1 is 1.25 bits per heavy atom. The molecular formula is C16H16BrN3. The number of hydrogen-bond donors (Lipinski definition) is 2. The number of nitrogens with zero attached hydrogens (tertiary/aromatic N) is 1. The fourth-order valence-electron chi connectivity index (χ4n) is 4.21. The molecule has 4 heteroatoms. The molecule has 2 aliphatic heterocycles. The van der Waals surface area contributed by atoms with Gasteiger partial charge in [-0.05, 0) is 37.0 Å². The Morgan fingerprint density at radius 3 is 3.00 bits per heavy atom. The van der Waals surface area contributed by atoms with Gasteiger partial charge in [0.05, 0.1) is 5.69 Å². The summed E-state index contributed by atoms with van der Waals surface area (Å²) in [5.41, 5.74) is 5.17. The Morgan fingerprint density at radius 2 is 2.20 bits per heavy atom. The van der Waals surface area contributed by atoms with Gasteiger partial charge in [-0.1, -0.05) is 22.0 Å². The van der Waals surface area contributed by atoms with Gasteiger partial charge < -0.3 is 10.3 Å². The maximum Gasteiger partial charge on any atom is 0.111 e. The van der Waals surface area contributed by atoms with E-state index in [-0.39, 0.29) is 0 Å². The van der Waals surface area contributed by atoms with Crippen LogP contribution in [0.4, 0.5) is 0 Å². The first-order valence-corrected chi connectivity index (χ1v) is 8.21. The standard InChI is InChI=1S/C16H16BrN3/c17-9-1-3-11-8(5-9)6-14-15(11)20-16(19-14)12-7-10-2-4-13(12)18-10/h1,3,5,10,12-13,18H,2,4,6-7H2,(H,19,20). The average molecular weight is 330 g/mol. The molecule has 3 nitrogen and oxygen atoms in total. The predicted octanol–water partition coefficient (Wildman–Crippen LogP) is 3.35. The Hall–Kier alpha value is -1.13. The van der Waals surface area contributed by atoms with E-state index in [0.29, 0.717) is 12.0 Å². The lowest BCUT2D eigenvalue weighted by Gasteiger charge is -2.17. The smallest absolute Gasteiger partial charge is 0.111 e. The first-order chi connectivity index (χ1) is 9.78. The van der Waals surface area contributed by atoms with Gasteiger partial charge in [0.25, 0.3) is 0 Å². The van der Waals surface area contributed by atoms with Crippen molar-refractivity contribution in [2.75, 3.05) is 0 Å². The summed E-state index contributed by atoms with van der Waals surface area (Å²) in [6, 6.07) is 7.89. The normalized spacial score (nSPS) is 29.8. The maximum atomic E-state index is 4.95. The summed E-state index contributed by atoms with van der Waals surface area (Å²) < 4.78 is 1.15. The van der Waals surface area contributed by atoms with Crippen LogP contribution < -0.4 is 5.32 Å². The van der Waals surface area contributed by atoms with Crippen LogP contribution in [-0.2, 0) is 6.42 Å². The molecule has 1 aliphatic carbocycles. The number of aromatic nitrogens is 2. The molecule has 20 heavy (non-hydrogen) atoms. The second-order valence-corrected chi connectivity index (χ2v) is 7.23. The second kappa shape index (κ2) is 3.95. The van der Waals surface area contributed by atoms with Gasteiger partial charge in [0.2, 0.25) is 0 Å². The van der Waals surface area contributed by atoms with Crippen LogP contribution in [-0.4, -0.2) is 22.1 Å². The molecule has 3 heterocycles. The fraction of sp³-hybridized carbons (Fsp3) is 0.438. The Bertz CT molecular complexity index is 706. The monoisotopic (exact) mass is 329 g/mol. The number of H-pyrrole nitrogens is 1. The van der Waals surface area contributed by atoms with Gasteiger partial charge in [-0.2, -0.15) is 0 Å². The Kier molecular flexibility index (Phi) is 2.28. The molecule has 3 aliphatic rings. The topological polar surface area (TPSA) is 40.7 Å². The first-order valence-electron chi connectivity index (χ1n) is 7.41. The molecule has 2 fully saturated rings. The van der Waals surface area contributed by atoms with Crippen LogP contribution in [0.2, 0.25) is 0 Å². The van der Waals surface area contributed by atoms with Crippen LogP contribution in [0, 0.1) is 0 Å². The summed E-state index contributed by atoms with van der Waals surface area (Å²) in [4.78, 5) is 8.57. The average Bonchev–Trinajstić information content (AvgIpc) is 3.16. The molecule has 5 rings (SSSR count). The van der Waals surface area contributed by atoms with Gasteiger partial charge in [-0.25, -0.2) is 4.98 Å². The highest BCUT2D eigenvalue weighted by Crippen LogP contribution is 2.42. The molecule has 0 radical (unpaired) electrons. The van der Waals surface area contributed by atoms with Gasteiger partial charge in [-0.15, -0.1) is 0 Å². The lowest BCUT2D eigenvalue weighted by atomic mass is 9.89. The van der Waals surface area contributed by atoms with Gasteiger partial charge in [-0.3, -0.25) is 0 Å². The van der Waals surface area contributed by atoms with Crippen molar-refractivity contribution in [2.24, 2.45) is 0 Å². The van der Waals surface area contributed by atoms with E-state index in [0.717, 1.165) is 16.9 Å². The zero-order chi connectivity index (χ0) is 13.3. The highest BCUT2D eigenvalue weighted by Gasteiger charge is 2.41. The third-order valence-electron chi connectivity index (χ3n) is 5.14. The van der Waals surface area contributed by atoms with Crippen LogP contribution in [0.15, 0.2) is 22.7 Å². The number of fused-ring (bicyclic) bond motifs is 5. The van der Waals surface area contributed by atoms with E-state index >= 15 is 0 Å². The zero-order valence-corrected chi connectivity index (χ0v) is 12.7. The number of imidazole rings is 1. The van der Waals surface area contributed by atoms with Crippen molar-refractivity contribution in [2.45, 2.75) is 43.7 Å². The third-order valence-corrected chi connectivity index (χ3v) is 5.63. The van der Waals surface area contributed by atoms with E-state index in [1.165, 1.54) is 47.6 Å². The van der Waals surface area contributed by atoms with Gasteiger partial charge in [0.15, 0.2) is 0 Å². The number of nitrogens with one attached hydrogen (secondary N) is 2. The molecule has 0 saturated carbocycles. The molecule has 3 atom stereocenters. The summed E-state index contributed by atoms with van der Waals surface area (Å²) in [6.45, 7) is 0. The predicted molar refractivity (Wildman–Crippen MR) is 81.8 cm³/mol. The third kappa shape index (κ3) is 1.52. The molecule has 0 amide bonds. The molecule has 0 spiro atoms. The number of aromatic amines is 1. The molecule has 1 aromatic carbocycles. The summed E-state index contributed by atoms with van der Waals surface area (Å²) in [5.74, 6) is 1.81. The van der Waals surface area contributed by atoms with Crippen LogP contribution >= 0.6 is 15.9 Å². The fourth-order valence-corrected chi connectivity index (χ4v) is 4.62. The quantitative estimate of drug-likeness (QED) is 0.718. The van der Waals surface area contributed by atoms with Crippen molar-refractivity contribution < 1.29 is 0 Å². The maximum absolute atomic E-state index is 4.95. The summed E-state index contributed by atoms with van der Waals surface area (Å²) in [5, 5.41) is 3.70. The van der Waals surface area contributed by atoms with Crippen molar-refractivity contribution in [1.29, 1.82) is 0 Å². The van der Waals surface area contributed by atoms with E-state index in [4.69, 9.17) is 4.98 Å². The molecule has 3 unspecified atom stereocenters. The highest BCUT2D eigenvalue weighted by molar-refractivity contribution is 9.10. The molecule has 2 bridgehead atoms. The van der Waals surface area contributed by atoms with E-state index in [1.54, 1.807) is 0 Å². The summed E-state index contributed by atoms with van der Waals surface area (Å²) in [6.07, 6.45) is 4.90. The zero-order valence-electron chi connectivity index (χ0n) is 11.1. The van der Waals surface area contributed by atoms with Crippen LogP contribution in [0.1, 0.15) is 42.3 Å². The molecule has 2 saturated heterocycles. The Balaban J connectivity index is 1.55. The number of hydrogen-bond acceptors (Lipinski definition) is 2. The molecule has 102 valence electrons. The highest BCUT2D eigenvalue weighted by atomic mass is 79.9. The Labute approximate surface area is 126 Å². The van der Waals surface area contributed by atoms with E-state index < -0.39 is 0 Å². The first kappa shape index (κ1) is 11.5. The molecule has 2 aromatic rings. The minimum Gasteiger partial charge on any atom is -0.345 e. The van der Waals surface area contributed by atoms with Crippen molar-refractivity contribution in [3.8, 4) is 11.3 Å². The van der Waals surface area contributed by atoms with Crippen molar-refractivity contribution >= 4 is 15.9 Å². The minimum atomic E-state index is 0.596. The lowest BCUT2D eigenvalue weighted by molar-refractivity contribution is 0.489. The molecular weight excluding hydrogens is 314 g/mol. The minimum absolute atomic E-state index is 0.596. The van der Waals surface area contributed by atoms with Gasteiger partial charge in [0, 0.05) is 40.2 Å². The summed E-state index contributed by atoms with van der Waals surface area (Å²) >= 11 is 3.55. The van der Waals surface area contributed by atoms with E-state index in [9.17, 15) is 0 Å². The largest absolute Gasteiger partial charge is 0.345 e. The second-order valence-electron chi connectivity index (χ2n) is 6.32. The van der Waals surface area contributed by atoms with Crippen LogP contribution in [0.5, 0.6) is 0 Å². The van der Waals surface area contributed by atoms with Gasteiger partial charge in [0.1, 0.15) is 5.82 Å². The van der Waals surface area contributed by atoms with Crippen LogP contribution in [0.25, 0.3) is 11.3 Å². The molecule has 2 N–H and O–H groups in total. The van der Waals surface area contributed by atoms with Crippen LogP contribution in [0.3, 0.4) is 0 Å². The van der Waals surface area contributed by atoms with E-state index in [2.05, 4.69) is 44.4 Å². The number of benzene rings is 1. The van der Waals surface area contributed by atoms with Crippen molar-refractivity contribution in [1.82, 2.24) is 15.3 Å². The lowest BCUT2D eigenvalue weighted by Crippen LogP contribution is -2.22. The molecule has 1 aromatic heterocycles. The SMILES string of the molecule is Brc1ccc2c(c1)Cc1[nH]c(C3CC4CCC3N4)nc1-2. The van der Waals surface area contributed by atoms with Gasteiger partial charge >= 0.3 is 0 Å². The number of rotatable bonds is 1.